The van der Waals surface area contributed by atoms with Gasteiger partial charge < -0.3 is 14.6 Å². The van der Waals surface area contributed by atoms with Crippen molar-refractivity contribution in [2.45, 2.75) is 6.29 Å². The van der Waals surface area contributed by atoms with Gasteiger partial charge in [-0.25, -0.2) is 8.42 Å². The molecule has 7 nitrogen and oxygen atoms in total. The third kappa shape index (κ3) is 3.25. The third-order valence-corrected chi connectivity index (χ3v) is 4.92. The van der Waals surface area contributed by atoms with Gasteiger partial charge in [0.15, 0.2) is 9.15 Å². The van der Waals surface area contributed by atoms with Gasteiger partial charge >= 0.3 is 0 Å². The van der Waals surface area contributed by atoms with Gasteiger partial charge in [0.2, 0.25) is 11.3 Å². The second-order valence-corrected chi connectivity index (χ2v) is 7.35. The van der Waals surface area contributed by atoms with E-state index in [1.165, 1.54) is 0 Å². The molecule has 0 saturated carbocycles. The van der Waals surface area contributed by atoms with E-state index in [9.17, 15) is 13.0 Å². The normalized spacial score (nSPS) is 22.8. The van der Waals surface area contributed by atoms with E-state index in [4.69, 9.17) is 10.5 Å². The van der Waals surface area contributed by atoms with Crippen molar-refractivity contribution in [2.24, 2.45) is 5.73 Å². The maximum absolute atomic E-state index is 11.0. The predicted octanol–water partition coefficient (Wildman–Crippen LogP) is -1.13. The number of hydrogen-bond donors (Lipinski definition) is 3. The van der Waals surface area contributed by atoms with Gasteiger partial charge in [0.1, 0.15) is 11.4 Å². The Kier molecular flexibility index (Phi) is 4.25. The fourth-order valence-corrected chi connectivity index (χ4v) is 3.83. The number of methoxy groups -OCH3 is 1. The lowest BCUT2D eigenvalue weighted by atomic mass is 10.1. The van der Waals surface area contributed by atoms with Gasteiger partial charge in [-0.3, -0.25) is 10.6 Å². The summed E-state index contributed by atoms with van der Waals surface area (Å²) in [5.74, 6) is 0.683. The van der Waals surface area contributed by atoms with E-state index in [0.29, 0.717) is 21.4 Å². The van der Waals surface area contributed by atoms with Gasteiger partial charge in [-0.05, 0) is 24.3 Å². The monoisotopic (exact) mass is 317 g/mol. The van der Waals surface area contributed by atoms with E-state index in [2.05, 4.69) is 5.32 Å². The van der Waals surface area contributed by atoms with Crippen molar-refractivity contribution >= 4 is 25.6 Å². The molecule has 0 fully saturated rings. The number of nitrogens with two attached hydrogens (primary N) is 1. The van der Waals surface area contributed by atoms with Crippen LogP contribution < -0.4 is 20.7 Å². The van der Waals surface area contributed by atoms with Crippen LogP contribution >= 0.6 is 10.8 Å². The lowest BCUT2D eigenvalue weighted by Crippen LogP contribution is -3.12. The number of quaternary nitrogens is 1. The minimum atomic E-state index is -4.45. The van der Waals surface area contributed by atoms with Crippen LogP contribution in [0.25, 0.3) is 5.70 Å². The summed E-state index contributed by atoms with van der Waals surface area (Å²) in [6, 6.07) is 7.03. The van der Waals surface area contributed by atoms with Crippen molar-refractivity contribution in [2.75, 3.05) is 14.2 Å². The van der Waals surface area contributed by atoms with E-state index in [1.807, 2.05) is 0 Å². The first-order valence-electron chi connectivity index (χ1n) is 5.72. The average Bonchev–Trinajstić information content (AvgIpc) is 2.65. The molecule has 0 aliphatic carbocycles. The zero-order chi connectivity index (χ0) is 14.9. The average molecular weight is 317 g/mol. The van der Waals surface area contributed by atoms with Crippen molar-refractivity contribution in [1.29, 1.82) is 0 Å². The Morgan fingerprint density at radius 1 is 1.40 bits per heavy atom. The standard InChI is InChI=1S/C11H15N3O4S2/c1-14-10(19-20(15,16)17)9(13-11(14)12)7-3-5-8(18-2)6-4-7/h3-6,11,13H,12H2,1-2H3,(H,15,16,17). The summed E-state index contributed by atoms with van der Waals surface area (Å²) in [5, 5.41) is 3.34. The molecule has 9 heteroatoms. The van der Waals surface area contributed by atoms with Gasteiger partial charge in [-0.1, -0.05) is 0 Å². The number of rotatable bonds is 4. The second kappa shape index (κ2) is 5.62. The molecule has 2 atom stereocenters. The lowest BCUT2D eigenvalue weighted by molar-refractivity contribution is -0.854. The van der Waals surface area contributed by atoms with Crippen molar-refractivity contribution in [3.8, 4) is 5.75 Å². The molecule has 2 rings (SSSR count). The largest absolute Gasteiger partial charge is 0.739 e. The summed E-state index contributed by atoms with van der Waals surface area (Å²) >= 11 is 0. The topological polar surface area (TPSA) is 109 Å². The number of nitrogens with one attached hydrogen (secondary N) is 2. The molecule has 110 valence electrons. The van der Waals surface area contributed by atoms with Gasteiger partial charge in [-0.2, -0.15) is 0 Å². The molecule has 20 heavy (non-hydrogen) atoms. The molecule has 4 N–H and O–H groups in total. The number of benzene rings is 1. The van der Waals surface area contributed by atoms with Crippen LogP contribution in [0.3, 0.4) is 0 Å². The minimum Gasteiger partial charge on any atom is -0.739 e. The molecule has 0 bridgehead atoms. The van der Waals surface area contributed by atoms with Crippen LogP contribution in [-0.2, 0) is 9.15 Å². The Labute approximate surface area is 120 Å². The van der Waals surface area contributed by atoms with Gasteiger partial charge in [0.25, 0.3) is 0 Å². The first kappa shape index (κ1) is 15.1. The molecule has 0 radical (unpaired) electrons. The second-order valence-electron chi connectivity index (χ2n) is 4.23. The highest BCUT2D eigenvalue weighted by Crippen LogP contribution is 2.28. The van der Waals surface area contributed by atoms with E-state index in [-0.39, 0.29) is 10.8 Å². The van der Waals surface area contributed by atoms with Crippen LogP contribution in [0.2, 0.25) is 0 Å². The number of ether oxygens (including phenoxy) is 1. The summed E-state index contributed by atoms with van der Waals surface area (Å²) < 4.78 is 38.0. The minimum absolute atomic E-state index is 0.275. The molecule has 1 aliphatic heterocycles. The maximum atomic E-state index is 11.0. The highest BCUT2D eigenvalue weighted by atomic mass is 33.1. The Hall–Kier alpha value is -1.26. The fourth-order valence-electron chi connectivity index (χ4n) is 1.85. The first-order chi connectivity index (χ1) is 9.31. The van der Waals surface area contributed by atoms with Crippen LogP contribution in [0.15, 0.2) is 29.3 Å². The van der Waals surface area contributed by atoms with Crippen molar-refractivity contribution in [1.82, 2.24) is 5.32 Å². The highest BCUT2D eigenvalue weighted by molar-refractivity contribution is 8.71. The molecular formula is C11H15N3O4S2. The van der Waals surface area contributed by atoms with Crippen molar-refractivity contribution < 1.29 is 22.6 Å². The molecular weight excluding hydrogens is 302 g/mol. The lowest BCUT2D eigenvalue weighted by Gasteiger charge is -2.14. The zero-order valence-electron chi connectivity index (χ0n) is 10.9. The van der Waals surface area contributed by atoms with Crippen molar-refractivity contribution in [3.05, 3.63) is 34.9 Å². The highest BCUT2D eigenvalue weighted by Gasteiger charge is 2.34. The van der Waals surface area contributed by atoms with E-state index < -0.39 is 15.4 Å². The predicted molar refractivity (Wildman–Crippen MR) is 75.2 cm³/mol. The van der Waals surface area contributed by atoms with Gasteiger partial charge in [0, 0.05) is 5.56 Å². The Morgan fingerprint density at radius 3 is 2.50 bits per heavy atom. The Balaban J connectivity index is 2.42. The van der Waals surface area contributed by atoms with E-state index >= 15 is 0 Å². The Morgan fingerprint density at radius 2 is 2.00 bits per heavy atom. The SMILES string of the molecule is COc1ccc(C2=C(SS(=O)(=O)[O-])[NH+](C)C(N)N2)cc1. The summed E-state index contributed by atoms with van der Waals surface area (Å²) in [5.41, 5.74) is 7.13. The fraction of sp³-hybridized carbons (Fsp3) is 0.273. The van der Waals surface area contributed by atoms with Crippen LogP contribution in [0.5, 0.6) is 5.75 Å². The van der Waals surface area contributed by atoms with Crippen molar-refractivity contribution in [3.63, 3.8) is 0 Å². The maximum Gasteiger partial charge on any atom is 0.221 e. The van der Waals surface area contributed by atoms with Crippen LogP contribution in [0.4, 0.5) is 0 Å². The third-order valence-electron chi connectivity index (χ3n) is 2.92. The molecule has 1 heterocycles. The molecule has 0 saturated heterocycles. The quantitative estimate of drug-likeness (QED) is 0.476. The number of hydrogen-bond acceptors (Lipinski definition) is 7. The molecule has 2 unspecified atom stereocenters. The summed E-state index contributed by atoms with van der Waals surface area (Å²) in [7, 11) is -0.922. The summed E-state index contributed by atoms with van der Waals surface area (Å²) in [4.78, 5) is 0.625. The zero-order valence-corrected chi connectivity index (χ0v) is 12.5. The van der Waals surface area contributed by atoms with Crippen LogP contribution in [0, 0.1) is 0 Å². The summed E-state index contributed by atoms with van der Waals surface area (Å²) in [6.45, 7) is 0. The smallest absolute Gasteiger partial charge is 0.221 e. The molecule has 1 aromatic carbocycles. The molecule has 0 amide bonds. The molecule has 0 aromatic heterocycles. The molecule has 1 aromatic rings. The Bertz CT molecular complexity index is 628. The molecule has 0 spiro atoms. The van der Waals surface area contributed by atoms with E-state index in [1.54, 1.807) is 38.4 Å². The van der Waals surface area contributed by atoms with Crippen LogP contribution in [0.1, 0.15) is 5.56 Å². The van der Waals surface area contributed by atoms with Crippen LogP contribution in [-0.4, -0.2) is 33.4 Å². The molecule has 1 aliphatic rings. The first-order valence-corrected chi connectivity index (χ1v) is 8.46. The van der Waals surface area contributed by atoms with Gasteiger partial charge in [-0.15, -0.1) is 0 Å². The van der Waals surface area contributed by atoms with E-state index in [0.717, 1.165) is 5.56 Å². The summed E-state index contributed by atoms with van der Waals surface area (Å²) in [6.07, 6.45) is -0.503. The van der Waals surface area contributed by atoms with Gasteiger partial charge in [0.05, 0.1) is 25.0 Å².